The second kappa shape index (κ2) is 6.06. The molecular formula is C15H16N2O3. The smallest absolute Gasteiger partial charge is 0.337 e. The van der Waals surface area contributed by atoms with E-state index in [4.69, 9.17) is 5.11 Å². The standard InChI is InChI=1S/C15H16N2O3/c1-10-7-11(15(19)20-2)3-6-14(10)17-8-12-4-5-13(18)9-16-12/h3-7,9,17-18H,8H2,1-2H3. The number of nitrogens with one attached hydrogen (secondary N) is 1. The summed E-state index contributed by atoms with van der Waals surface area (Å²) in [6.45, 7) is 2.46. The summed E-state index contributed by atoms with van der Waals surface area (Å²) in [7, 11) is 1.36. The van der Waals surface area contributed by atoms with Crippen LogP contribution in [0, 0.1) is 6.92 Å². The summed E-state index contributed by atoms with van der Waals surface area (Å²) >= 11 is 0. The van der Waals surface area contributed by atoms with Gasteiger partial charge in [-0.15, -0.1) is 0 Å². The molecule has 0 aliphatic rings. The van der Waals surface area contributed by atoms with Gasteiger partial charge >= 0.3 is 5.97 Å². The van der Waals surface area contributed by atoms with Crippen LogP contribution in [0.4, 0.5) is 5.69 Å². The summed E-state index contributed by atoms with van der Waals surface area (Å²) in [6, 6.07) is 8.67. The van der Waals surface area contributed by atoms with Gasteiger partial charge in [0.15, 0.2) is 0 Å². The molecule has 0 saturated heterocycles. The van der Waals surface area contributed by atoms with Crippen LogP contribution in [0.25, 0.3) is 0 Å². The van der Waals surface area contributed by atoms with Gasteiger partial charge < -0.3 is 15.2 Å². The minimum absolute atomic E-state index is 0.146. The largest absolute Gasteiger partial charge is 0.506 e. The molecule has 0 radical (unpaired) electrons. The van der Waals surface area contributed by atoms with Crippen molar-refractivity contribution in [1.82, 2.24) is 4.98 Å². The Bertz CT molecular complexity index is 609. The molecule has 0 aliphatic heterocycles. The maximum atomic E-state index is 11.4. The number of pyridine rings is 1. The number of anilines is 1. The molecule has 5 nitrogen and oxygen atoms in total. The van der Waals surface area contributed by atoms with E-state index in [0.29, 0.717) is 12.1 Å². The lowest BCUT2D eigenvalue weighted by molar-refractivity contribution is 0.0600. The van der Waals surface area contributed by atoms with Gasteiger partial charge in [0.2, 0.25) is 0 Å². The second-order valence-electron chi connectivity index (χ2n) is 4.38. The van der Waals surface area contributed by atoms with Crippen molar-refractivity contribution in [3.63, 3.8) is 0 Å². The number of benzene rings is 1. The molecule has 0 saturated carbocycles. The van der Waals surface area contributed by atoms with Crippen LogP contribution in [0.15, 0.2) is 36.5 Å². The number of aryl methyl sites for hydroxylation is 1. The number of nitrogens with zero attached hydrogens (tertiary/aromatic N) is 1. The number of methoxy groups -OCH3 is 1. The number of rotatable bonds is 4. The molecule has 0 aliphatic carbocycles. The molecule has 1 heterocycles. The zero-order valence-electron chi connectivity index (χ0n) is 11.4. The highest BCUT2D eigenvalue weighted by atomic mass is 16.5. The lowest BCUT2D eigenvalue weighted by Crippen LogP contribution is -2.05. The van der Waals surface area contributed by atoms with E-state index in [1.807, 2.05) is 13.0 Å². The van der Waals surface area contributed by atoms with E-state index in [1.165, 1.54) is 13.3 Å². The van der Waals surface area contributed by atoms with Crippen LogP contribution >= 0.6 is 0 Å². The van der Waals surface area contributed by atoms with Crippen LogP contribution in [0.1, 0.15) is 21.6 Å². The average molecular weight is 272 g/mol. The molecular weight excluding hydrogens is 256 g/mol. The maximum Gasteiger partial charge on any atom is 0.337 e. The number of ether oxygens (including phenoxy) is 1. The Morgan fingerprint density at radius 2 is 2.15 bits per heavy atom. The summed E-state index contributed by atoms with van der Waals surface area (Å²) in [6.07, 6.45) is 1.41. The highest BCUT2D eigenvalue weighted by Crippen LogP contribution is 2.18. The molecule has 5 heteroatoms. The SMILES string of the molecule is COC(=O)c1ccc(NCc2ccc(O)cn2)c(C)c1. The third-order valence-corrected chi connectivity index (χ3v) is 2.92. The first-order chi connectivity index (χ1) is 9.60. The van der Waals surface area contributed by atoms with Gasteiger partial charge in [0.1, 0.15) is 5.75 Å². The Balaban J connectivity index is 2.06. The topological polar surface area (TPSA) is 71.5 Å². The van der Waals surface area contributed by atoms with Crippen molar-refractivity contribution in [1.29, 1.82) is 0 Å². The van der Waals surface area contributed by atoms with Gasteiger partial charge in [-0.3, -0.25) is 4.98 Å². The summed E-state index contributed by atoms with van der Waals surface area (Å²) < 4.78 is 4.68. The molecule has 0 spiro atoms. The lowest BCUT2D eigenvalue weighted by atomic mass is 10.1. The number of aromatic hydroxyl groups is 1. The molecule has 0 amide bonds. The molecule has 2 rings (SSSR count). The van der Waals surface area contributed by atoms with Crippen molar-refractivity contribution >= 4 is 11.7 Å². The molecule has 2 N–H and O–H groups in total. The lowest BCUT2D eigenvalue weighted by Gasteiger charge is -2.10. The van der Waals surface area contributed by atoms with Crippen molar-refractivity contribution in [2.45, 2.75) is 13.5 Å². The Morgan fingerprint density at radius 1 is 1.35 bits per heavy atom. The number of hydrogen-bond donors (Lipinski definition) is 2. The third-order valence-electron chi connectivity index (χ3n) is 2.92. The van der Waals surface area contributed by atoms with Crippen LogP contribution in [-0.4, -0.2) is 23.2 Å². The minimum atomic E-state index is -0.347. The van der Waals surface area contributed by atoms with Gasteiger partial charge in [0.05, 0.1) is 31.1 Å². The van der Waals surface area contributed by atoms with Crippen molar-refractivity contribution in [2.24, 2.45) is 0 Å². The van der Waals surface area contributed by atoms with Crippen molar-refractivity contribution in [3.05, 3.63) is 53.3 Å². The Labute approximate surface area is 117 Å². The first-order valence-electron chi connectivity index (χ1n) is 6.17. The van der Waals surface area contributed by atoms with Crippen LogP contribution in [-0.2, 0) is 11.3 Å². The van der Waals surface area contributed by atoms with Gasteiger partial charge in [0.25, 0.3) is 0 Å². The third kappa shape index (κ3) is 3.26. The van der Waals surface area contributed by atoms with Gasteiger partial charge in [-0.25, -0.2) is 4.79 Å². The van der Waals surface area contributed by atoms with Crippen molar-refractivity contribution in [2.75, 3.05) is 12.4 Å². The Hall–Kier alpha value is -2.56. The van der Waals surface area contributed by atoms with E-state index in [9.17, 15) is 4.79 Å². The molecule has 1 aromatic heterocycles. The van der Waals surface area contributed by atoms with E-state index in [2.05, 4.69) is 15.0 Å². The quantitative estimate of drug-likeness (QED) is 0.837. The Morgan fingerprint density at radius 3 is 2.75 bits per heavy atom. The minimum Gasteiger partial charge on any atom is -0.506 e. The molecule has 2 aromatic rings. The number of hydrogen-bond acceptors (Lipinski definition) is 5. The molecule has 0 unspecified atom stereocenters. The molecule has 0 atom stereocenters. The maximum absolute atomic E-state index is 11.4. The molecule has 0 fully saturated rings. The van der Waals surface area contributed by atoms with Crippen molar-refractivity contribution < 1.29 is 14.6 Å². The normalized spacial score (nSPS) is 10.1. The summed E-state index contributed by atoms with van der Waals surface area (Å²) in [5.74, 6) is -0.202. The Kier molecular flexibility index (Phi) is 4.20. The molecule has 104 valence electrons. The number of carbonyl (C=O) groups excluding carboxylic acids is 1. The van der Waals surface area contributed by atoms with Crippen LogP contribution < -0.4 is 5.32 Å². The van der Waals surface area contributed by atoms with E-state index in [0.717, 1.165) is 16.9 Å². The fourth-order valence-electron chi connectivity index (χ4n) is 1.81. The molecule has 20 heavy (non-hydrogen) atoms. The fraction of sp³-hybridized carbons (Fsp3) is 0.200. The summed E-state index contributed by atoms with van der Waals surface area (Å²) in [5, 5.41) is 12.4. The average Bonchev–Trinajstić information content (AvgIpc) is 2.46. The van der Waals surface area contributed by atoms with Crippen LogP contribution in [0.5, 0.6) is 5.75 Å². The van der Waals surface area contributed by atoms with Gasteiger partial charge in [-0.1, -0.05) is 0 Å². The zero-order chi connectivity index (χ0) is 14.5. The van der Waals surface area contributed by atoms with Crippen molar-refractivity contribution in [3.8, 4) is 5.75 Å². The van der Waals surface area contributed by atoms with E-state index in [-0.39, 0.29) is 11.7 Å². The van der Waals surface area contributed by atoms with Crippen LogP contribution in [0.3, 0.4) is 0 Å². The first-order valence-corrected chi connectivity index (χ1v) is 6.17. The highest BCUT2D eigenvalue weighted by molar-refractivity contribution is 5.90. The van der Waals surface area contributed by atoms with Gasteiger partial charge in [0, 0.05) is 5.69 Å². The molecule has 0 bridgehead atoms. The highest BCUT2D eigenvalue weighted by Gasteiger charge is 2.07. The monoisotopic (exact) mass is 272 g/mol. The summed E-state index contributed by atoms with van der Waals surface area (Å²) in [4.78, 5) is 15.5. The van der Waals surface area contributed by atoms with E-state index >= 15 is 0 Å². The van der Waals surface area contributed by atoms with E-state index in [1.54, 1.807) is 24.3 Å². The predicted molar refractivity (Wildman–Crippen MR) is 75.7 cm³/mol. The fourth-order valence-corrected chi connectivity index (χ4v) is 1.81. The predicted octanol–water partition coefficient (Wildman–Crippen LogP) is 2.49. The van der Waals surface area contributed by atoms with Crippen LogP contribution in [0.2, 0.25) is 0 Å². The second-order valence-corrected chi connectivity index (χ2v) is 4.38. The van der Waals surface area contributed by atoms with Gasteiger partial charge in [-0.2, -0.15) is 0 Å². The zero-order valence-corrected chi connectivity index (χ0v) is 11.4. The summed E-state index contributed by atoms with van der Waals surface area (Å²) in [5.41, 5.74) is 3.22. The number of carbonyl (C=O) groups is 1. The first kappa shape index (κ1) is 13.9. The van der Waals surface area contributed by atoms with E-state index < -0.39 is 0 Å². The molecule has 1 aromatic carbocycles. The van der Waals surface area contributed by atoms with Gasteiger partial charge in [-0.05, 0) is 42.8 Å². The number of aromatic nitrogens is 1. The number of esters is 1.